The van der Waals surface area contributed by atoms with Gasteiger partial charge in [-0.25, -0.2) is 29.9 Å². The van der Waals surface area contributed by atoms with Crippen LogP contribution in [0.2, 0.25) is 0 Å². The van der Waals surface area contributed by atoms with E-state index < -0.39 is 0 Å². The van der Waals surface area contributed by atoms with Gasteiger partial charge in [0.05, 0.1) is 34.2 Å². The molecule has 8 nitrogen and oxygen atoms in total. The van der Waals surface area contributed by atoms with Crippen molar-refractivity contribution in [1.82, 2.24) is 39.9 Å². The molecule has 10 aromatic rings. The largest absolute Gasteiger partial charge is 0.255 e. The predicted octanol–water partition coefficient (Wildman–Crippen LogP) is 11.8. The highest BCUT2D eigenvalue weighted by atomic mass is 15.0. The van der Waals surface area contributed by atoms with Gasteiger partial charge < -0.3 is 0 Å². The fourth-order valence-electron chi connectivity index (χ4n) is 7.13. The van der Waals surface area contributed by atoms with Crippen LogP contribution in [-0.4, -0.2) is 39.9 Å². The Balaban J connectivity index is 1.13. The van der Waals surface area contributed by atoms with Gasteiger partial charge in [-0.1, -0.05) is 152 Å². The van der Waals surface area contributed by atoms with E-state index in [1.165, 1.54) is 0 Å². The first-order valence-corrected chi connectivity index (χ1v) is 19.6. The minimum Gasteiger partial charge on any atom is -0.255 e. The maximum Gasteiger partial charge on any atom is 0.164 e. The molecule has 5 aromatic carbocycles. The Kier molecular flexibility index (Phi) is 9.75. The Labute approximate surface area is 347 Å². The highest BCUT2D eigenvalue weighted by molar-refractivity contribution is 5.87. The summed E-state index contributed by atoms with van der Waals surface area (Å²) in [6.45, 7) is 0. The number of rotatable bonds is 9. The average molecular weight is 771 g/mol. The minimum atomic E-state index is 0.532. The molecule has 0 radical (unpaired) electrons. The summed E-state index contributed by atoms with van der Waals surface area (Å²) in [5.74, 6) is 2.35. The predicted molar refractivity (Wildman–Crippen MR) is 238 cm³/mol. The molecule has 0 atom stereocenters. The van der Waals surface area contributed by atoms with Gasteiger partial charge in [-0.05, 0) is 53.6 Å². The molecule has 10 rings (SSSR count). The average Bonchev–Trinajstić information content (AvgIpc) is 3.35. The Morgan fingerprint density at radius 3 is 1.25 bits per heavy atom. The molecule has 0 aliphatic carbocycles. The van der Waals surface area contributed by atoms with Crippen LogP contribution < -0.4 is 0 Å². The van der Waals surface area contributed by atoms with E-state index in [2.05, 4.69) is 42.5 Å². The van der Waals surface area contributed by atoms with E-state index >= 15 is 0 Å². The monoisotopic (exact) mass is 770 g/mol. The van der Waals surface area contributed by atoms with E-state index in [1.807, 2.05) is 152 Å². The third kappa shape index (κ3) is 7.56. The highest BCUT2D eigenvalue weighted by Crippen LogP contribution is 2.37. The van der Waals surface area contributed by atoms with Crippen molar-refractivity contribution >= 4 is 0 Å². The second-order valence-corrected chi connectivity index (χ2v) is 14.0. The molecule has 0 saturated heterocycles. The van der Waals surface area contributed by atoms with Crippen LogP contribution in [0.15, 0.2) is 207 Å². The van der Waals surface area contributed by atoms with Crippen LogP contribution >= 0.6 is 0 Å². The van der Waals surface area contributed by atoms with Crippen molar-refractivity contribution in [2.45, 2.75) is 0 Å². The Morgan fingerprint density at radius 1 is 0.217 bits per heavy atom. The fraction of sp³-hybridized carbons (Fsp3) is 0. The molecule has 0 fully saturated rings. The van der Waals surface area contributed by atoms with Crippen LogP contribution in [-0.2, 0) is 0 Å². The highest BCUT2D eigenvalue weighted by Gasteiger charge is 2.18. The zero-order chi connectivity index (χ0) is 40.1. The lowest BCUT2D eigenvalue weighted by Gasteiger charge is -2.15. The molecule has 60 heavy (non-hydrogen) atoms. The summed E-state index contributed by atoms with van der Waals surface area (Å²) in [5.41, 5.74) is 11.8. The second-order valence-electron chi connectivity index (χ2n) is 14.0. The van der Waals surface area contributed by atoms with Crippen LogP contribution in [0.4, 0.5) is 0 Å². The van der Waals surface area contributed by atoms with Crippen molar-refractivity contribution in [3.05, 3.63) is 207 Å². The van der Waals surface area contributed by atoms with E-state index in [1.54, 1.807) is 12.4 Å². The zero-order valence-corrected chi connectivity index (χ0v) is 32.2. The maximum atomic E-state index is 5.18. The van der Waals surface area contributed by atoms with Crippen molar-refractivity contribution in [1.29, 1.82) is 0 Å². The molecule has 5 heterocycles. The Hall–Kier alpha value is -8.36. The SMILES string of the molecule is c1ccc(-c2cc(-c3ccccc3-c3cc(-c4ccccn4)nc(-c4cc(-c5nc(-c6ccccc6)nc(-c6ccccc6)n5)ccn4)c3)nc(-c3ccccc3)n2)cc1. The maximum absolute atomic E-state index is 5.18. The zero-order valence-electron chi connectivity index (χ0n) is 32.2. The third-order valence-electron chi connectivity index (χ3n) is 10.1. The second kappa shape index (κ2) is 16.2. The molecular weight excluding hydrogens is 737 g/mol. The number of pyridine rings is 3. The first-order chi connectivity index (χ1) is 29.7. The normalized spacial score (nSPS) is 11.0. The first-order valence-electron chi connectivity index (χ1n) is 19.6. The lowest BCUT2D eigenvalue weighted by Crippen LogP contribution is -2.01. The molecule has 0 N–H and O–H groups in total. The molecule has 0 amide bonds. The van der Waals surface area contributed by atoms with Crippen LogP contribution in [0.3, 0.4) is 0 Å². The van der Waals surface area contributed by atoms with E-state index in [-0.39, 0.29) is 0 Å². The lowest BCUT2D eigenvalue weighted by molar-refractivity contribution is 1.07. The van der Waals surface area contributed by atoms with Crippen LogP contribution in [0.25, 0.3) is 102 Å². The van der Waals surface area contributed by atoms with E-state index in [4.69, 9.17) is 39.9 Å². The van der Waals surface area contributed by atoms with Gasteiger partial charge in [-0.15, -0.1) is 0 Å². The van der Waals surface area contributed by atoms with E-state index in [9.17, 15) is 0 Å². The van der Waals surface area contributed by atoms with Gasteiger partial charge in [0.2, 0.25) is 0 Å². The van der Waals surface area contributed by atoms with Gasteiger partial charge in [0.25, 0.3) is 0 Å². The van der Waals surface area contributed by atoms with Crippen molar-refractivity contribution < 1.29 is 0 Å². The molecule has 0 aliphatic heterocycles. The topological polar surface area (TPSA) is 103 Å². The van der Waals surface area contributed by atoms with Crippen LogP contribution in [0.1, 0.15) is 0 Å². The number of hydrogen-bond donors (Lipinski definition) is 0. The van der Waals surface area contributed by atoms with E-state index in [0.717, 1.165) is 61.6 Å². The van der Waals surface area contributed by atoms with Gasteiger partial charge in [0.15, 0.2) is 23.3 Å². The van der Waals surface area contributed by atoms with Gasteiger partial charge >= 0.3 is 0 Å². The summed E-state index contributed by atoms with van der Waals surface area (Å²) in [4.78, 5) is 39.8. The van der Waals surface area contributed by atoms with Gasteiger partial charge in [-0.2, -0.15) is 0 Å². The number of aromatic nitrogens is 8. The molecule has 0 spiro atoms. The molecule has 282 valence electrons. The fourth-order valence-corrected chi connectivity index (χ4v) is 7.13. The van der Waals surface area contributed by atoms with E-state index in [0.29, 0.717) is 40.4 Å². The lowest BCUT2D eigenvalue weighted by atomic mass is 9.95. The molecule has 5 aromatic heterocycles. The summed E-state index contributed by atoms with van der Waals surface area (Å²) in [6.07, 6.45) is 3.56. The summed E-state index contributed by atoms with van der Waals surface area (Å²) >= 11 is 0. The third-order valence-corrected chi connectivity index (χ3v) is 10.1. The van der Waals surface area contributed by atoms with Crippen molar-refractivity contribution in [2.24, 2.45) is 0 Å². The standard InChI is InChI=1S/C52H34N8/c1-5-17-35(18-6-1)44-34-45(57-49(56-44)36-19-7-2-8-20-36)42-26-14-13-25-41(42)40-32-47(43-27-15-16-29-53-43)55-48(33-40)46-31-39(28-30-54-46)52-59-50(37-21-9-3-10-22-37)58-51(60-52)38-23-11-4-12-24-38/h1-34H. The molecule has 8 heteroatoms. The molecule has 0 unspecified atom stereocenters. The number of nitrogens with zero attached hydrogens (tertiary/aromatic N) is 8. The summed E-state index contributed by atoms with van der Waals surface area (Å²) in [7, 11) is 0. The molecule has 0 aliphatic rings. The van der Waals surface area contributed by atoms with Crippen molar-refractivity contribution in [3.8, 4) is 102 Å². The van der Waals surface area contributed by atoms with Crippen molar-refractivity contribution in [3.63, 3.8) is 0 Å². The summed E-state index contributed by atoms with van der Waals surface area (Å²) in [6, 6.07) is 64.5. The summed E-state index contributed by atoms with van der Waals surface area (Å²) in [5, 5.41) is 0. The number of benzene rings is 5. The quantitative estimate of drug-likeness (QED) is 0.143. The van der Waals surface area contributed by atoms with Crippen LogP contribution in [0, 0.1) is 0 Å². The molecule has 0 saturated carbocycles. The Bertz CT molecular complexity index is 2960. The first kappa shape index (κ1) is 36.0. The van der Waals surface area contributed by atoms with Crippen LogP contribution in [0.5, 0.6) is 0 Å². The molecular formula is C52H34N8. The molecule has 0 bridgehead atoms. The smallest absolute Gasteiger partial charge is 0.164 e. The van der Waals surface area contributed by atoms with Crippen molar-refractivity contribution in [2.75, 3.05) is 0 Å². The minimum absolute atomic E-state index is 0.532. The Morgan fingerprint density at radius 2 is 0.667 bits per heavy atom. The van der Waals surface area contributed by atoms with Gasteiger partial charge in [0, 0.05) is 45.8 Å². The number of hydrogen-bond acceptors (Lipinski definition) is 8. The van der Waals surface area contributed by atoms with Gasteiger partial charge in [0.1, 0.15) is 0 Å². The van der Waals surface area contributed by atoms with Gasteiger partial charge in [-0.3, -0.25) is 9.97 Å². The summed E-state index contributed by atoms with van der Waals surface area (Å²) < 4.78 is 0.